The molecule has 1 fully saturated rings. The Morgan fingerprint density at radius 3 is 3.19 bits per heavy atom. The molecule has 6 nitrogen and oxygen atoms in total. The van der Waals surface area contributed by atoms with Gasteiger partial charge in [0.25, 0.3) is 0 Å². The topological polar surface area (TPSA) is 78.9 Å². The van der Waals surface area contributed by atoms with E-state index in [1.54, 1.807) is 16.4 Å². The molecule has 0 spiro atoms. The van der Waals surface area contributed by atoms with Crippen molar-refractivity contribution in [3.63, 3.8) is 0 Å². The molecule has 90 valence electrons. The average molecular weight is 243 g/mol. The normalized spacial score (nSPS) is 21.2. The van der Waals surface area contributed by atoms with E-state index in [9.17, 15) is 0 Å². The molecule has 2 heterocycles. The number of hydrogen-bond donors (Lipinski definition) is 1. The maximum absolute atomic E-state index is 5.65. The molecular weight excluding hydrogens is 226 g/mol. The van der Waals surface area contributed by atoms with Crippen LogP contribution in [0.15, 0.2) is 5.16 Å². The van der Waals surface area contributed by atoms with Gasteiger partial charge in [-0.25, -0.2) is 4.68 Å². The lowest BCUT2D eigenvalue weighted by molar-refractivity contribution is 0.0315. The number of nitrogens with zero attached hydrogens (tertiary/aromatic N) is 4. The number of aromatic nitrogens is 4. The predicted molar refractivity (Wildman–Crippen MR) is 61.2 cm³/mol. The van der Waals surface area contributed by atoms with Gasteiger partial charge in [0.2, 0.25) is 5.16 Å². The summed E-state index contributed by atoms with van der Waals surface area (Å²) in [6.45, 7) is 2.11. The highest BCUT2D eigenvalue weighted by atomic mass is 32.2. The summed E-state index contributed by atoms with van der Waals surface area (Å²) in [4.78, 5) is 0. The largest absolute Gasteiger partial charge is 0.377 e. The van der Waals surface area contributed by atoms with E-state index in [1.165, 1.54) is 12.8 Å². The van der Waals surface area contributed by atoms with E-state index < -0.39 is 0 Å². The van der Waals surface area contributed by atoms with Crippen molar-refractivity contribution in [2.45, 2.75) is 37.1 Å². The number of ether oxygens (including phenoxy) is 1. The van der Waals surface area contributed by atoms with E-state index >= 15 is 0 Å². The highest BCUT2D eigenvalue weighted by molar-refractivity contribution is 7.99. The van der Waals surface area contributed by atoms with Gasteiger partial charge < -0.3 is 10.5 Å². The van der Waals surface area contributed by atoms with Gasteiger partial charge in [-0.1, -0.05) is 11.8 Å². The summed E-state index contributed by atoms with van der Waals surface area (Å²) in [7, 11) is 0. The molecule has 1 unspecified atom stereocenters. The molecule has 0 saturated carbocycles. The van der Waals surface area contributed by atoms with Crippen LogP contribution in [-0.4, -0.2) is 45.2 Å². The zero-order valence-electron chi connectivity index (χ0n) is 9.21. The molecular formula is C9H17N5OS. The van der Waals surface area contributed by atoms with Crippen molar-refractivity contribution < 1.29 is 4.74 Å². The third kappa shape index (κ3) is 3.16. The lowest BCUT2D eigenvalue weighted by Crippen LogP contribution is -2.21. The predicted octanol–water partition coefficient (Wildman–Crippen LogP) is 0.293. The van der Waals surface area contributed by atoms with Crippen molar-refractivity contribution in [3.8, 4) is 0 Å². The van der Waals surface area contributed by atoms with E-state index in [0.717, 1.165) is 23.9 Å². The third-order valence-electron chi connectivity index (χ3n) is 2.51. The molecule has 2 N–H and O–H groups in total. The van der Waals surface area contributed by atoms with Gasteiger partial charge in [-0.3, -0.25) is 0 Å². The van der Waals surface area contributed by atoms with Crippen LogP contribution in [0.2, 0.25) is 0 Å². The van der Waals surface area contributed by atoms with Crippen molar-refractivity contribution in [1.82, 2.24) is 20.2 Å². The Hall–Kier alpha value is -0.660. The SMILES string of the molecule is NCCn1nnnc1SCC1CCCCO1. The molecule has 1 aliphatic heterocycles. The van der Waals surface area contributed by atoms with Crippen LogP contribution in [0, 0.1) is 0 Å². The first kappa shape index (κ1) is 11.8. The minimum absolute atomic E-state index is 0.349. The first-order chi connectivity index (χ1) is 7.90. The zero-order valence-corrected chi connectivity index (χ0v) is 10.0. The molecule has 2 rings (SSSR count). The molecule has 1 aromatic heterocycles. The summed E-state index contributed by atoms with van der Waals surface area (Å²) < 4.78 is 7.40. The van der Waals surface area contributed by atoms with Crippen LogP contribution < -0.4 is 5.73 Å². The van der Waals surface area contributed by atoms with Crippen molar-refractivity contribution in [2.75, 3.05) is 18.9 Å². The Balaban J connectivity index is 1.81. The van der Waals surface area contributed by atoms with Crippen molar-refractivity contribution in [1.29, 1.82) is 0 Å². The standard InChI is InChI=1S/C9H17N5OS/c10-4-5-14-9(11-12-13-14)16-7-8-3-1-2-6-15-8/h8H,1-7,10H2. The van der Waals surface area contributed by atoms with Gasteiger partial charge in [-0.15, -0.1) is 5.10 Å². The van der Waals surface area contributed by atoms with Crippen LogP contribution in [-0.2, 0) is 11.3 Å². The molecule has 0 bridgehead atoms. The number of rotatable bonds is 5. The summed E-state index contributed by atoms with van der Waals surface area (Å²) in [6, 6.07) is 0. The summed E-state index contributed by atoms with van der Waals surface area (Å²) in [5.41, 5.74) is 5.48. The second-order valence-electron chi connectivity index (χ2n) is 3.77. The molecule has 1 aromatic rings. The average Bonchev–Trinajstić information content (AvgIpc) is 2.76. The Labute approximate surface area is 98.9 Å². The highest BCUT2D eigenvalue weighted by Crippen LogP contribution is 2.21. The lowest BCUT2D eigenvalue weighted by atomic mass is 10.1. The van der Waals surface area contributed by atoms with Crippen LogP contribution in [0.1, 0.15) is 19.3 Å². The van der Waals surface area contributed by atoms with E-state index in [0.29, 0.717) is 19.2 Å². The molecule has 0 amide bonds. The fraction of sp³-hybridized carbons (Fsp3) is 0.889. The van der Waals surface area contributed by atoms with Gasteiger partial charge in [-0.2, -0.15) is 0 Å². The summed E-state index contributed by atoms with van der Waals surface area (Å²) in [6.07, 6.45) is 3.94. The van der Waals surface area contributed by atoms with Gasteiger partial charge in [0.05, 0.1) is 12.6 Å². The molecule has 1 aliphatic rings. The Bertz CT molecular complexity index is 313. The minimum Gasteiger partial charge on any atom is -0.377 e. The fourth-order valence-corrected chi connectivity index (χ4v) is 2.64. The van der Waals surface area contributed by atoms with Crippen LogP contribution >= 0.6 is 11.8 Å². The molecule has 0 aliphatic carbocycles. The van der Waals surface area contributed by atoms with E-state index in [-0.39, 0.29) is 0 Å². The Morgan fingerprint density at radius 1 is 1.50 bits per heavy atom. The summed E-state index contributed by atoms with van der Waals surface area (Å²) >= 11 is 1.65. The second-order valence-corrected chi connectivity index (χ2v) is 4.76. The number of nitrogens with two attached hydrogens (primary N) is 1. The fourth-order valence-electron chi connectivity index (χ4n) is 1.67. The van der Waals surface area contributed by atoms with Gasteiger partial charge in [0, 0.05) is 18.9 Å². The second kappa shape index (κ2) is 6.17. The third-order valence-corrected chi connectivity index (χ3v) is 3.60. The van der Waals surface area contributed by atoms with Crippen LogP contribution in [0.4, 0.5) is 0 Å². The molecule has 0 radical (unpaired) electrons. The van der Waals surface area contributed by atoms with Crippen LogP contribution in [0.25, 0.3) is 0 Å². The van der Waals surface area contributed by atoms with Crippen molar-refractivity contribution in [3.05, 3.63) is 0 Å². The summed E-state index contributed by atoms with van der Waals surface area (Å²) in [5.74, 6) is 0.922. The number of hydrogen-bond acceptors (Lipinski definition) is 6. The molecule has 1 saturated heterocycles. The van der Waals surface area contributed by atoms with Gasteiger partial charge >= 0.3 is 0 Å². The monoisotopic (exact) mass is 243 g/mol. The molecule has 16 heavy (non-hydrogen) atoms. The minimum atomic E-state index is 0.349. The Morgan fingerprint density at radius 2 is 2.44 bits per heavy atom. The first-order valence-corrected chi connectivity index (χ1v) is 6.59. The molecule has 1 atom stereocenters. The molecule has 7 heteroatoms. The summed E-state index contributed by atoms with van der Waals surface area (Å²) in [5, 5.41) is 12.3. The van der Waals surface area contributed by atoms with Crippen LogP contribution in [0.5, 0.6) is 0 Å². The van der Waals surface area contributed by atoms with E-state index in [2.05, 4.69) is 15.5 Å². The van der Waals surface area contributed by atoms with Crippen LogP contribution in [0.3, 0.4) is 0 Å². The quantitative estimate of drug-likeness (QED) is 0.749. The van der Waals surface area contributed by atoms with Gasteiger partial charge in [0.1, 0.15) is 0 Å². The van der Waals surface area contributed by atoms with Crippen molar-refractivity contribution >= 4 is 11.8 Å². The van der Waals surface area contributed by atoms with Crippen molar-refractivity contribution in [2.24, 2.45) is 5.73 Å². The number of tetrazole rings is 1. The van der Waals surface area contributed by atoms with E-state index in [4.69, 9.17) is 10.5 Å². The maximum atomic E-state index is 5.65. The first-order valence-electron chi connectivity index (χ1n) is 5.61. The smallest absolute Gasteiger partial charge is 0.209 e. The maximum Gasteiger partial charge on any atom is 0.209 e. The van der Waals surface area contributed by atoms with E-state index in [1.807, 2.05) is 0 Å². The lowest BCUT2D eigenvalue weighted by Gasteiger charge is -2.21. The van der Waals surface area contributed by atoms with Gasteiger partial charge in [0.15, 0.2) is 0 Å². The zero-order chi connectivity index (χ0) is 11.2. The molecule has 0 aromatic carbocycles. The number of thioether (sulfide) groups is 1. The highest BCUT2D eigenvalue weighted by Gasteiger charge is 2.16. The Kier molecular flexibility index (Phi) is 4.55. The van der Waals surface area contributed by atoms with Gasteiger partial charge in [-0.05, 0) is 29.7 Å².